The minimum Gasteiger partial charge on any atom is -0.316 e. The Morgan fingerprint density at radius 3 is 2.82 bits per heavy atom. The minimum absolute atomic E-state index is 0.777. The third-order valence-corrected chi connectivity index (χ3v) is 3.67. The average Bonchev–Trinajstić information content (AvgIpc) is 2.29. The molecule has 0 aliphatic carbocycles. The summed E-state index contributed by atoms with van der Waals surface area (Å²) >= 11 is 0. The Balaban J connectivity index is 2.10. The summed E-state index contributed by atoms with van der Waals surface area (Å²) in [6.07, 6.45) is 6.96. The zero-order valence-electron chi connectivity index (χ0n) is 12.2. The first kappa shape index (κ1) is 15.0. The number of nitrogens with zero attached hydrogens (tertiary/aromatic N) is 1. The van der Waals surface area contributed by atoms with E-state index < -0.39 is 0 Å². The van der Waals surface area contributed by atoms with Gasteiger partial charge in [-0.3, -0.25) is 0 Å². The van der Waals surface area contributed by atoms with Gasteiger partial charge in [-0.25, -0.2) is 0 Å². The van der Waals surface area contributed by atoms with Gasteiger partial charge >= 0.3 is 0 Å². The van der Waals surface area contributed by atoms with E-state index in [1.165, 1.54) is 64.8 Å². The molecule has 102 valence electrons. The van der Waals surface area contributed by atoms with Gasteiger partial charge < -0.3 is 10.2 Å². The molecule has 2 nitrogen and oxygen atoms in total. The molecule has 1 rings (SSSR count). The summed E-state index contributed by atoms with van der Waals surface area (Å²) < 4.78 is 0. The lowest BCUT2D eigenvalue weighted by molar-refractivity contribution is 0.169. The average molecular weight is 240 g/mol. The van der Waals surface area contributed by atoms with Crippen molar-refractivity contribution in [2.45, 2.75) is 52.9 Å². The Morgan fingerprint density at radius 2 is 2.12 bits per heavy atom. The molecule has 1 heterocycles. The van der Waals surface area contributed by atoms with Crippen molar-refractivity contribution in [1.29, 1.82) is 0 Å². The Kier molecular flexibility index (Phi) is 7.87. The van der Waals surface area contributed by atoms with E-state index in [2.05, 4.69) is 31.0 Å². The Bertz CT molecular complexity index is 180. The predicted octanol–water partition coefficient (Wildman–Crippen LogP) is 3.13. The maximum absolute atomic E-state index is 3.62. The largest absolute Gasteiger partial charge is 0.316 e. The molecule has 0 saturated carbocycles. The highest BCUT2D eigenvalue weighted by Gasteiger charge is 2.18. The molecule has 0 aromatic heterocycles. The van der Waals surface area contributed by atoms with E-state index in [4.69, 9.17) is 0 Å². The zero-order chi connectivity index (χ0) is 12.5. The van der Waals surface area contributed by atoms with Crippen molar-refractivity contribution in [3.8, 4) is 0 Å². The smallest absolute Gasteiger partial charge is 0.00218 e. The Hall–Kier alpha value is -0.0800. The number of unbranched alkanes of at least 4 members (excludes halogenated alkanes) is 2. The van der Waals surface area contributed by atoms with Crippen LogP contribution >= 0.6 is 0 Å². The summed E-state index contributed by atoms with van der Waals surface area (Å²) in [6.45, 7) is 13.2. The van der Waals surface area contributed by atoms with Gasteiger partial charge in [0.2, 0.25) is 0 Å². The van der Waals surface area contributed by atoms with E-state index in [1.807, 2.05) is 0 Å². The molecule has 0 amide bonds. The van der Waals surface area contributed by atoms with Gasteiger partial charge in [-0.1, -0.05) is 33.6 Å². The lowest BCUT2D eigenvalue weighted by Gasteiger charge is -2.33. The second kappa shape index (κ2) is 8.93. The fraction of sp³-hybridized carbons (Fsp3) is 1.00. The first-order chi connectivity index (χ1) is 8.22. The number of hydrogen-bond donors (Lipinski definition) is 1. The van der Waals surface area contributed by atoms with Gasteiger partial charge in [0.15, 0.2) is 0 Å². The van der Waals surface area contributed by atoms with Crippen molar-refractivity contribution < 1.29 is 0 Å². The number of piperidine rings is 1. The summed E-state index contributed by atoms with van der Waals surface area (Å²) in [5.41, 5.74) is 0. The molecule has 1 atom stereocenters. The molecular formula is C15H32N2. The van der Waals surface area contributed by atoms with E-state index in [-0.39, 0.29) is 0 Å². The normalized spacial score (nSPS) is 22.2. The van der Waals surface area contributed by atoms with Crippen LogP contribution in [-0.2, 0) is 0 Å². The zero-order valence-corrected chi connectivity index (χ0v) is 12.2. The molecule has 2 heteroatoms. The van der Waals surface area contributed by atoms with E-state index >= 15 is 0 Å². The van der Waals surface area contributed by atoms with Crippen LogP contribution in [0, 0.1) is 11.8 Å². The lowest BCUT2D eigenvalue weighted by atomic mass is 9.97. The summed E-state index contributed by atoms with van der Waals surface area (Å²) in [7, 11) is 0. The maximum atomic E-state index is 3.62. The summed E-state index contributed by atoms with van der Waals surface area (Å²) in [5, 5.41) is 3.62. The van der Waals surface area contributed by atoms with Crippen molar-refractivity contribution in [1.82, 2.24) is 10.2 Å². The maximum Gasteiger partial charge on any atom is 0.00218 e. The van der Waals surface area contributed by atoms with E-state index in [0.717, 1.165) is 11.8 Å². The molecule has 0 spiro atoms. The van der Waals surface area contributed by atoms with Crippen LogP contribution in [0.3, 0.4) is 0 Å². The van der Waals surface area contributed by atoms with Crippen molar-refractivity contribution in [3.63, 3.8) is 0 Å². The van der Waals surface area contributed by atoms with Crippen LogP contribution in [-0.4, -0.2) is 37.6 Å². The molecule has 17 heavy (non-hydrogen) atoms. The van der Waals surface area contributed by atoms with Gasteiger partial charge in [-0.15, -0.1) is 0 Å². The van der Waals surface area contributed by atoms with Gasteiger partial charge in [0.05, 0.1) is 0 Å². The molecule has 0 radical (unpaired) electrons. The van der Waals surface area contributed by atoms with Crippen LogP contribution in [0.5, 0.6) is 0 Å². The van der Waals surface area contributed by atoms with Crippen molar-refractivity contribution >= 4 is 0 Å². The van der Waals surface area contributed by atoms with E-state index in [1.54, 1.807) is 0 Å². The number of likely N-dealkylation sites (tertiary alicyclic amines) is 1. The molecule has 1 saturated heterocycles. The summed E-state index contributed by atoms with van der Waals surface area (Å²) in [5.74, 6) is 1.67. The van der Waals surface area contributed by atoms with Crippen LogP contribution in [0.4, 0.5) is 0 Å². The first-order valence-corrected chi connectivity index (χ1v) is 7.65. The topological polar surface area (TPSA) is 15.3 Å². The molecule has 1 fully saturated rings. The lowest BCUT2D eigenvalue weighted by Crippen LogP contribution is -2.40. The second-order valence-electron chi connectivity index (χ2n) is 6.07. The highest BCUT2D eigenvalue weighted by atomic mass is 15.1. The third kappa shape index (κ3) is 7.05. The van der Waals surface area contributed by atoms with E-state index in [0.29, 0.717) is 0 Å². The molecule has 1 aliphatic rings. The number of nitrogens with one attached hydrogen (secondary N) is 1. The molecule has 0 aromatic carbocycles. The minimum atomic E-state index is 0.777. The highest BCUT2D eigenvalue weighted by Crippen LogP contribution is 2.16. The molecule has 1 N–H and O–H groups in total. The van der Waals surface area contributed by atoms with Crippen LogP contribution in [0.25, 0.3) is 0 Å². The van der Waals surface area contributed by atoms with Crippen LogP contribution in [0.15, 0.2) is 0 Å². The molecular weight excluding hydrogens is 208 g/mol. The van der Waals surface area contributed by atoms with Crippen molar-refractivity contribution in [3.05, 3.63) is 0 Å². The van der Waals surface area contributed by atoms with Gasteiger partial charge in [0.1, 0.15) is 0 Å². The van der Waals surface area contributed by atoms with Gasteiger partial charge in [-0.2, -0.15) is 0 Å². The van der Waals surface area contributed by atoms with Gasteiger partial charge in [0, 0.05) is 6.54 Å². The van der Waals surface area contributed by atoms with Crippen LogP contribution in [0.2, 0.25) is 0 Å². The molecule has 0 aromatic rings. The van der Waals surface area contributed by atoms with E-state index in [9.17, 15) is 0 Å². The van der Waals surface area contributed by atoms with Gasteiger partial charge in [-0.05, 0) is 57.3 Å². The van der Waals surface area contributed by atoms with Crippen molar-refractivity contribution in [2.75, 3.05) is 32.7 Å². The first-order valence-electron chi connectivity index (χ1n) is 7.65. The molecule has 0 bridgehead atoms. The van der Waals surface area contributed by atoms with Crippen molar-refractivity contribution in [2.24, 2.45) is 11.8 Å². The fourth-order valence-electron chi connectivity index (χ4n) is 2.68. The Morgan fingerprint density at radius 1 is 1.29 bits per heavy atom. The Labute approximate surface area is 108 Å². The van der Waals surface area contributed by atoms with Crippen LogP contribution < -0.4 is 5.32 Å². The predicted molar refractivity (Wildman–Crippen MR) is 76.4 cm³/mol. The SMILES string of the molecule is CCCCCN1CCCC(CNCC(C)C)C1. The quantitative estimate of drug-likeness (QED) is 0.656. The monoisotopic (exact) mass is 240 g/mol. The molecule has 1 aliphatic heterocycles. The summed E-state index contributed by atoms with van der Waals surface area (Å²) in [4.78, 5) is 2.68. The fourth-order valence-corrected chi connectivity index (χ4v) is 2.68. The third-order valence-electron chi connectivity index (χ3n) is 3.67. The van der Waals surface area contributed by atoms with Crippen LogP contribution in [0.1, 0.15) is 52.9 Å². The molecule has 1 unspecified atom stereocenters. The standard InChI is InChI=1S/C15H32N2/c1-4-5-6-9-17-10-7-8-15(13-17)12-16-11-14(2)3/h14-16H,4-13H2,1-3H3. The summed E-state index contributed by atoms with van der Waals surface area (Å²) in [6, 6.07) is 0. The number of rotatable bonds is 8. The number of hydrogen-bond acceptors (Lipinski definition) is 2. The second-order valence-corrected chi connectivity index (χ2v) is 6.07. The van der Waals surface area contributed by atoms with Gasteiger partial charge in [0.25, 0.3) is 0 Å². The highest BCUT2D eigenvalue weighted by molar-refractivity contribution is 4.74.